The predicted octanol–water partition coefficient (Wildman–Crippen LogP) is 3.57. The largest absolute Gasteiger partial charge is 0.500 e. The van der Waals surface area contributed by atoms with Crippen molar-refractivity contribution in [1.29, 1.82) is 0 Å². The lowest BCUT2D eigenvalue weighted by Gasteiger charge is -2.24. The van der Waals surface area contributed by atoms with Gasteiger partial charge in [0, 0.05) is 80.9 Å². The lowest BCUT2D eigenvalue weighted by atomic mass is 10.1. The van der Waals surface area contributed by atoms with Gasteiger partial charge in [0.1, 0.15) is 0 Å². The third-order valence-corrected chi connectivity index (χ3v) is 12.0. The zero-order chi connectivity index (χ0) is 30.0. The number of carbonyl (C=O) groups is 2. The summed E-state index contributed by atoms with van der Waals surface area (Å²) in [6, 6.07) is 0.919. The number of nitrogens with one attached hydrogen (secondary N) is 4. The van der Waals surface area contributed by atoms with Gasteiger partial charge in [0.05, 0.1) is 0 Å². The van der Waals surface area contributed by atoms with Gasteiger partial charge in [0.25, 0.3) is 0 Å². The van der Waals surface area contributed by atoms with Crippen LogP contribution in [0, 0.1) is 0 Å². The lowest BCUT2D eigenvalue weighted by molar-refractivity contribution is 0.122. The van der Waals surface area contributed by atoms with Gasteiger partial charge in [-0.1, -0.05) is 37.1 Å². The van der Waals surface area contributed by atoms with Crippen molar-refractivity contribution in [3.63, 3.8) is 0 Å². The second-order valence-electron chi connectivity index (χ2n) is 9.01. The van der Waals surface area contributed by atoms with E-state index >= 15 is 0 Å². The maximum absolute atomic E-state index is 11.8. The number of urea groups is 2. The highest BCUT2D eigenvalue weighted by Crippen LogP contribution is 2.15. The molecule has 234 valence electrons. The van der Waals surface area contributed by atoms with Crippen LogP contribution in [0.4, 0.5) is 9.59 Å². The van der Waals surface area contributed by atoms with Crippen molar-refractivity contribution in [2.75, 3.05) is 68.8 Å². The first-order valence-corrected chi connectivity index (χ1v) is 17.9. The molecule has 0 aliphatic carbocycles. The van der Waals surface area contributed by atoms with Crippen LogP contribution in [0.15, 0.2) is 24.3 Å². The van der Waals surface area contributed by atoms with Crippen molar-refractivity contribution >= 4 is 29.7 Å². The molecule has 0 aliphatic rings. The van der Waals surface area contributed by atoms with E-state index in [-0.39, 0.29) is 12.1 Å². The molecule has 12 nitrogen and oxygen atoms in total. The first-order valence-electron chi connectivity index (χ1n) is 14.0. The summed E-state index contributed by atoms with van der Waals surface area (Å²) in [5.74, 6) is 0. The molecule has 0 atom stereocenters. The molecule has 4 amide bonds. The van der Waals surface area contributed by atoms with Crippen molar-refractivity contribution in [3.05, 3.63) is 24.3 Å². The molecule has 0 fully saturated rings. The monoisotopic (exact) mass is 606 g/mol. The minimum absolute atomic E-state index is 0.187. The van der Waals surface area contributed by atoms with Gasteiger partial charge in [0.2, 0.25) is 0 Å². The van der Waals surface area contributed by atoms with E-state index in [2.05, 4.69) is 33.4 Å². The minimum Gasteiger partial charge on any atom is -0.377 e. The number of amides is 4. The molecule has 0 aromatic carbocycles. The maximum atomic E-state index is 11.8. The van der Waals surface area contributed by atoms with E-state index in [1.807, 2.05) is 12.2 Å². The number of unbranched alkanes of at least 4 members (excludes halogenated alkanes) is 5. The van der Waals surface area contributed by atoms with Crippen LogP contribution in [-0.4, -0.2) is 98.5 Å². The highest BCUT2D eigenvalue weighted by atomic mass is 28.4. The van der Waals surface area contributed by atoms with Crippen molar-refractivity contribution < 1.29 is 36.1 Å². The summed E-state index contributed by atoms with van der Waals surface area (Å²) >= 11 is 0. The highest BCUT2D eigenvalue weighted by molar-refractivity contribution is 6.60. The molecule has 14 heteroatoms. The Bertz CT molecular complexity index is 634. The van der Waals surface area contributed by atoms with Gasteiger partial charge in [-0.3, -0.25) is 0 Å². The van der Waals surface area contributed by atoms with Crippen LogP contribution in [0.1, 0.15) is 51.4 Å². The van der Waals surface area contributed by atoms with Gasteiger partial charge >= 0.3 is 29.7 Å². The van der Waals surface area contributed by atoms with Gasteiger partial charge in [0.15, 0.2) is 0 Å². The smallest absolute Gasteiger partial charge is 0.377 e. The Balaban J connectivity index is 3.62. The molecular weight excluding hydrogens is 552 g/mol. The summed E-state index contributed by atoms with van der Waals surface area (Å²) in [6.07, 6.45) is 16.2. The topological polar surface area (TPSA) is 138 Å². The third kappa shape index (κ3) is 18.5. The molecule has 0 aromatic rings. The van der Waals surface area contributed by atoms with E-state index in [1.165, 1.54) is 12.8 Å². The van der Waals surface area contributed by atoms with Crippen LogP contribution in [0.25, 0.3) is 0 Å². The molecule has 0 rings (SSSR count). The van der Waals surface area contributed by atoms with Crippen LogP contribution in [0.3, 0.4) is 0 Å². The summed E-state index contributed by atoms with van der Waals surface area (Å²) in [4.78, 5) is 23.7. The Morgan fingerprint density at radius 2 is 0.850 bits per heavy atom. The lowest BCUT2D eigenvalue weighted by Crippen LogP contribution is -2.43. The molecule has 40 heavy (non-hydrogen) atoms. The summed E-state index contributed by atoms with van der Waals surface area (Å²) in [5.41, 5.74) is 0. The Hall–Kier alpha value is -1.79. The van der Waals surface area contributed by atoms with Crippen LogP contribution in [-0.2, 0) is 26.6 Å². The Labute approximate surface area is 243 Å². The van der Waals surface area contributed by atoms with Crippen molar-refractivity contribution in [2.24, 2.45) is 0 Å². The van der Waals surface area contributed by atoms with E-state index in [1.54, 1.807) is 42.7 Å². The zero-order valence-corrected chi connectivity index (χ0v) is 27.5. The Morgan fingerprint density at radius 1 is 0.500 bits per heavy atom. The molecule has 0 bridgehead atoms. The normalized spacial score (nSPS) is 12.2. The van der Waals surface area contributed by atoms with Gasteiger partial charge in [-0.15, -0.1) is 0 Å². The summed E-state index contributed by atoms with van der Waals surface area (Å²) in [6.45, 7) is 2.08. The van der Waals surface area contributed by atoms with Crippen LogP contribution >= 0.6 is 0 Å². The number of carbonyl (C=O) groups excluding carboxylic acids is 2. The third-order valence-electron chi connectivity index (χ3n) is 6.34. The van der Waals surface area contributed by atoms with Crippen LogP contribution in [0.5, 0.6) is 0 Å². The van der Waals surface area contributed by atoms with Crippen LogP contribution in [0.2, 0.25) is 12.1 Å². The maximum Gasteiger partial charge on any atom is 0.500 e. The molecule has 0 radical (unpaired) electrons. The fourth-order valence-corrected chi connectivity index (χ4v) is 7.28. The van der Waals surface area contributed by atoms with E-state index in [0.29, 0.717) is 38.3 Å². The summed E-state index contributed by atoms with van der Waals surface area (Å²) in [7, 11) is 4.34. The van der Waals surface area contributed by atoms with Gasteiger partial charge in [-0.2, -0.15) is 0 Å². The molecule has 0 aliphatic heterocycles. The molecule has 0 unspecified atom stereocenters. The molecule has 0 saturated carbocycles. The Kier molecular flexibility index (Phi) is 23.9. The average Bonchev–Trinajstić information content (AvgIpc) is 2.98. The molecule has 4 N–H and O–H groups in total. The van der Waals surface area contributed by atoms with Crippen molar-refractivity contribution in [1.82, 2.24) is 21.3 Å². The second kappa shape index (κ2) is 25.0. The van der Waals surface area contributed by atoms with E-state index < -0.39 is 17.6 Å². The quantitative estimate of drug-likeness (QED) is 0.0703. The number of hydrogen-bond acceptors (Lipinski definition) is 8. The number of allylic oxidation sites excluding steroid dienone is 2. The fraction of sp³-hybridized carbons (Fsp3) is 0.769. The number of rotatable bonds is 25. The van der Waals surface area contributed by atoms with E-state index in [9.17, 15) is 9.59 Å². The molecule has 0 heterocycles. The molecule has 0 spiro atoms. The van der Waals surface area contributed by atoms with Gasteiger partial charge < -0.3 is 47.8 Å². The molecule has 0 aromatic heterocycles. The SMILES string of the molecule is CO[Si](CCCNC(=O)NCC=CCCCCCCC=CCNC(=O)NCCC[Si](OC)(OC)OC)(OC)OC. The summed E-state index contributed by atoms with van der Waals surface area (Å²) in [5, 5.41) is 11.3. The molecular formula is C26H54N4O8Si2. The predicted molar refractivity (Wildman–Crippen MR) is 161 cm³/mol. The minimum atomic E-state index is -2.58. The fourth-order valence-electron chi connectivity index (χ4n) is 3.83. The first-order chi connectivity index (χ1) is 19.4. The standard InChI is InChI=1S/C26H54N4O8Si2/c1-33-39(34-2,35-3)23-17-21-29-25(31)27-19-15-13-11-9-7-8-10-12-14-16-20-28-26(32)30-22-18-24-40(36-4,37-5)38-6/h13-16H,7-12,17-24H2,1-6H3,(H2,27,29,31)(H2,28,30,32). The molecule has 0 saturated heterocycles. The van der Waals surface area contributed by atoms with Crippen molar-refractivity contribution in [2.45, 2.75) is 63.5 Å². The van der Waals surface area contributed by atoms with Crippen molar-refractivity contribution in [3.8, 4) is 0 Å². The highest BCUT2D eigenvalue weighted by Gasteiger charge is 2.37. The van der Waals surface area contributed by atoms with E-state index in [0.717, 1.165) is 38.5 Å². The second-order valence-corrected chi connectivity index (χ2v) is 15.2. The van der Waals surface area contributed by atoms with Crippen LogP contribution < -0.4 is 21.3 Å². The van der Waals surface area contributed by atoms with Gasteiger partial charge in [-0.25, -0.2) is 9.59 Å². The summed E-state index contributed by atoms with van der Waals surface area (Å²) < 4.78 is 32.2. The first kappa shape index (κ1) is 38.2. The Morgan fingerprint density at radius 3 is 1.18 bits per heavy atom. The average molecular weight is 607 g/mol. The zero-order valence-electron chi connectivity index (χ0n) is 25.5. The van der Waals surface area contributed by atoms with Gasteiger partial charge in [-0.05, 0) is 38.5 Å². The van der Waals surface area contributed by atoms with E-state index in [4.69, 9.17) is 26.6 Å². The number of hydrogen-bond donors (Lipinski definition) is 4.